The number of carboxylic acids is 1. The van der Waals surface area contributed by atoms with Crippen LogP contribution in [-0.2, 0) is 4.79 Å². The molecule has 0 aliphatic carbocycles. The number of hydrogen-bond donors (Lipinski definition) is 4. The van der Waals surface area contributed by atoms with Crippen molar-refractivity contribution in [3.8, 4) is 0 Å². The zero-order chi connectivity index (χ0) is 24.7. The monoisotopic (exact) mass is 460 g/mol. The van der Waals surface area contributed by atoms with Crippen LogP contribution in [0.4, 0.5) is 0 Å². The van der Waals surface area contributed by atoms with Crippen LogP contribution in [-0.4, -0.2) is 46.2 Å². The Balaban J connectivity index is 0. The number of aliphatic hydroxyl groups is 3. The third-order valence-corrected chi connectivity index (χ3v) is 6.32. The van der Waals surface area contributed by atoms with Crippen LogP contribution in [0.25, 0.3) is 0 Å². The maximum absolute atomic E-state index is 10.4. The molecule has 0 aromatic carbocycles. The molecule has 194 valence electrons. The maximum Gasteiger partial charge on any atom is 0.303 e. The van der Waals surface area contributed by atoms with E-state index in [4.69, 9.17) is 20.4 Å². The third kappa shape index (κ3) is 24.0. The Morgan fingerprint density at radius 3 is 1.12 bits per heavy atom. The molecule has 0 rings (SSSR count). The second kappa shape index (κ2) is 22.2. The highest BCUT2D eigenvalue weighted by Gasteiger charge is 2.24. The fourth-order valence-corrected chi connectivity index (χ4v) is 3.54. The van der Waals surface area contributed by atoms with Crippen molar-refractivity contribution in [1.82, 2.24) is 0 Å². The Morgan fingerprint density at radius 1 is 0.594 bits per heavy atom. The lowest BCUT2D eigenvalue weighted by Crippen LogP contribution is -2.32. The highest BCUT2D eigenvalue weighted by molar-refractivity contribution is 5.66. The van der Waals surface area contributed by atoms with E-state index in [1.165, 1.54) is 83.5 Å². The second-order valence-electron chi connectivity index (χ2n) is 10.7. The number of carboxylic acid groups (broad SMARTS) is 1. The van der Waals surface area contributed by atoms with Crippen molar-refractivity contribution in [3.05, 3.63) is 0 Å². The Bertz CT molecular complexity index is 382. The first-order chi connectivity index (χ1) is 15.2. The summed E-state index contributed by atoms with van der Waals surface area (Å²) >= 11 is 0. The lowest BCUT2D eigenvalue weighted by molar-refractivity contribution is -0.137. The molecule has 0 saturated carbocycles. The first kappa shape index (κ1) is 33.5. The second-order valence-corrected chi connectivity index (χ2v) is 10.7. The van der Waals surface area contributed by atoms with E-state index in [-0.39, 0.29) is 19.8 Å². The van der Waals surface area contributed by atoms with Gasteiger partial charge in [0.2, 0.25) is 0 Å². The highest BCUT2D eigenvalue weighted by atomic mass is 16.4. The first-order valence-corrected chi connectivity index (χ1v) is 13.2. The van der Waals surface area contributed by atoms with Crippen molar-refractivity contribution in [2.75, 3.05) is 19.8 Å². The fourth-order valence-electron chi connectivity index (χ4n) is 3.54. The molecule has 0 aliphatic rings. The van der Waals surface area contributed by atoms with E-state index in [1.807, 2.05) is 6.92 Å². The highest BCUT2D eigenvalue weighted by Crippen LogP contribution is 2.23. The van der Waals surface area contributed by atoms with Crippen molar-refractivity contribution < 1.29 is 25.2 Å². The van der Waals surface area contributed by atoms with Crippen molar-refractivity contribution >= 4 is 5.97 Å². The molecule has 0 amide bonds. The lowest BCUT2D eigenvalue weighted by atomic mass is 9.88. The van der Waals surface area contributed by atoms with Crippen molar-refractivity contribution in [2.24, 2.45) is 10.8 Å². The average Bonchev–Trinajstić information content (AvgIpc) is 2.75. The van der Waals surface area contributed by atoms with E-state index in [0.29, 0.717) is 18.3 Å². The number of rotatable bonds is 20. The first-order valence-electron chi connectivity index (χ1n) is 13.2. The zero-order valence-corrected chi connectivity index (χ0v) is 21.8. The van der Waals surface area contributed by atoms with Crippen LogP contribution in [0, 0.1) is 10.8 Å². The van der Waals surface area contributed by atoms with Crippen LogP contribution < -0.4 is 0 Å². The summed E-state index contributed by atoms with van der Waals surface area (Å²) in [5, 5.41) is 34.5. The summed E-state index contributed by atoms with van der Waals surface area (Å²) in [7, 11) is 0. The maximum atomic E-state index is 10.4. The van der Waals surface area contributed by atoms with E-state index in [9.17, 15) is 4.79 Å². The quantitative estimate of drug-likeness (QED) is 0.151. The number of carbonyl (C=O) groups is 1. The number of aliphatic carboxylic acids is 1. The Kier molecular flexibility index (Phi) is 23.2. The molecule has 0 bridgehead atoms. The Morgan fingerprint density at radius 2 is 0.906 bits per heavy atom. The van der Waals surface area contributed by atoms with E-state index < -0.39 is 11.4 Å². The van der Waals surface area contributed by atoms with E-state index >= 15 is 0 Å². The Hall–Kier alpha value is -0.650. The van der Waals surface area contributed by atoms with Gasteiger partial charge in [0.15, 0.2) is 0 Å². The van der Waals surface area contributed by atoms with Gasteiger partial charge in [-0.15, -0.1) is 0 Å². The van der Waals surface area contributed by atoms with Crippen molar-refractivity contribution in [3.63, 3.8) is 0 Å². The largest absolute Gasteiger partial charge is 0.481 e. The van der Waals surface area contributed by atoms with Crippen LogP contribution in [0.2, 0.25) is 0 Å². The lowest BCUT2D eigenvalue weighted by Gasteiger charge is -2.24. The van der Waals surface area contributed by atoms with Gasteiger partial charge in [-0.2, -0.15) is 0 Å². The molecule has 0 fully saturated rings. The van der Waals surface area contributed by atoms with Gasteiger partial charge in [-0.3, -0.25) is 4.79 Å². The summed E-state index contributed by atoms with van der Waals surface area (Å²) < 4.78 is 0. The molecule has 5 nitrogen and oxygen atoms in total. The zero-order valence-electron chi connectivity index (χ0n) is 21.8. The smallest absolute Gasteiger partial charge is 0.303 e. The minimum atomic E-state index is -0.667. The molecule has 0 spiro atoms. The molecule has 0 unspecified atom stereocenters. The molecule has 0 heterocycles. The van der Waals surface area contributed by atoms with E-state index in [0.717, 1.165) is 12.8 Å². The molecule has 0 atom stereocenters. The molecule has 5 heteroatoms. The van der Waals surface area contributed by atoms with Gasteiger partial charge in [0.25, 0.3) is 0 Å². The summed E-state index contributed by atoms with van der Waals surface area (Å²) in [5.41, 5.74) is -0.156. The van der Waals surface area contributed by atoms with Crippen LogP contribution >= 0.6 is 0 Å². The summed E-state index contributed by atoms with van der Waals surface area (Å²) in [6.45, 7) is 8.36. The topological polar surface area (TPSA) is 98.0 Å². The molecular formula is C27H56O5. The fraction of sp³-hybridized carbons (Fsp3) is 0.963. The average molecular weight is 461 g/mol. The van der Waals surface area contributed by atoms with Crippen LogP contribution in [0.5, 0.6) is 0 Å². The molecule has 32 heavy (non-hydrogen) atoms. The molecule has 0 aromatic heterocycles. The predicted octanol–water partition coefficient (Wildman–Crippen LogP) is 6.72. The van der Waals surface area contributed by atoms with Gasteiger partial charge in [0, 0.05) is 11.8 Å². The summed E-state index contributed by atoms with van der Waals surface area (Å²) in [6.07, 6.45) is 20.7. The van der Waals surface area contributed by atoms with E-state index in [1.54, 1.807) is 0 Å². The predicted molar refractivity (Wildman–Crippen MR) is 135 cm³/mol. The minimum absolute atomic E-state index is 0.156. The van der Waals surface area contributed by atoms with Gasteiger partial charge >= 0.3 is 5.97 Å². The van der Waals surface area contributed by atoms with Gasteiger partial charge in [0.05, 0.1) is 19.8 Å². The molecule has 0 saturated heterocycles. The van der Waals surface area contributed by atoms with Gasteiger partial charge in [0.1, 0.15) is 0 Å². The van der Waals surface area contributed by atoms with Crippen molar-refractivity contribution in [2.45, 2.75) is 137 Å². The standard InChI is InChI=1S/C21H42O2.C6H14O3/c1-21(2,3)19-17-15-13-11-9-7-5-4-6-8-10-12-14-16-18-20(22)23;1-2-6(3-7,4-8)5-9/h4-19H2,1-3H3,(H,22,23);7-9H,2-5H2,1H3. The summed E-state index contributed by atoms with van der Waals surface area (Å²) in [6, 6.07) is 0. The summed E-state index contributed by atoms with van der Waals surface area (Å²) in [4.78, 5) is 10.4. The minimum Gasteiger partial charge on any atom is -0.481 e. The number of unbranched alkanes of at least 4 members (excludes halogenated alkanes) is 13. The Labute approximate surface area is 199 Å². The summed E-state index contributed by atoms with van der Waals surface area (Å²) in [5.74, 6) is -0.654. The SMILES string of the molecule is CC(C)(C)CCCCCCCCCCCCCCCCC(=O)O.CCC(CO)(CO)CO. The molecular weight excluding hydrogens is 404 g/mol. The normalized spacial score (nSPS) is 11.8. The van der Waals surface area contributed by atoms with Gasteiger partial charge in [-0.1, -0.05) is 111 Å². The van der Waals surface area contributed by atoms with E-state index in [2.05, 4.69) is 20.8 Å². The van der Waals surface area contributed by atoms with Crippen LogP contribution in [0.15, 0.2) is 0 Å². The van der Waals surface area contributed by atoms with Crippen molar-refractivity contribution in [1.29, 1.82) is 0 Å². The van der Waals surface area contributed by atoms with Gasteiger partial charge in [-0.25, -0.2) is 0 Å². The van der Waals surface area contributed by atoms with Crippen LogP contribution in [0.1, 0.15) is 137 Å². The van der Waals surface area contributed by atoms with Gasteiger partial charge < -0.3 is 20.4 Å². The van der Waals surface area contributed by atoms with Crippen LogP contribution in [0.3, 0.4) is 0 Å². The molecule has 4 N–H and O–H groups in total. The third-order valence-electron chi connectivity index (χ3n) is 6.32. The number of hydrogen-bond acceptors (Lipinski definition) is 4. The molecule has 0 radical (unpaired) electrons. The molecule has 0 aliphatic heterocycles. The van der Waals surface area contributed by atoms with Gasteiger partial charge in [-0.05, 0) is 24.7 Å². The number of aliphatic hydroxyl groups excluding tert-OH is 3. The molecule has 0 aromatic rings.